The summed E-state index contributed by atoms with van der Waals surface area (Å²) < 4.78 is 2.11. The highest BCUT2D eigenvalue weighted by Crippen LogP contribution is 2.30. The Morgan fingerprint density at radius 2 is 2.27 bits per heavy atom. The maximum atomic E-state index is 5.88. The summed E-state index contributed by atoms with van der Waals surface area (Å²) >= 11 is 1.61. The first-order chi connectivity index (χ1) is 7.24. The molecule has 2 N–H and O–H groups in total. The van der Waals surface area contributed by atoms with Crippen molar-refractivity contribution in [2.24, 2.45) is 0 Å². The highest BCUT2D eigenvalue weighted by molar-refractivity contribution is 7.14. The van der Waals surface area contributed by atoms with Gasteiger partial charge in [0.05, 0.1) is 10.6 Å². The molecule has 80 valence electrons. The molecule has 0 saturated carbocycles. The highest BCUT2D eigenvalue weighted by Gasteiger charge is 2.13. The number of hydrogen-bond acceptors (Lipinski definition) is 4. The van der Waals surface area contributed by atoms with Gasteiger partial charge in [0.25, 0.3) is 0 Å². The number of nitrogens with two attached hydrogens (primary N) is 1. The van der Waals surface area contributed by atoms with Gasteiger partial charge in [0.1, 0.15) is 5.82 Å². The van der Waals surface area contributed by atoms with Crippen molar-refractivity contribution in [3.05, 3.63) is 17.3 Å². The Labute approximate surface area is 92.8 Å². The van der Waals surface area contributed by atoms with Crippen molar-refractivity contribution in [1.29, 1.82) is 0 Å². The molecular weight excluding hydrogens is 208 g/mol. The summed E-state index contributed by atoms with van der Waals surface area (Å²) in [6.45, 7) is 5.04. The van der Waals surface area contributed by atoms with Crippen molar-refractivity contribution in [2.75, 3.05) is 5.73 Å². The van der Waals surface area contributed by atoms with Gasteiger partial charge in [-0.2, -0.15) is 0 Å². The minimum absolute atomic E-state index is 0.782. The van der Waals surface area contributed by atoms with E-state index in [0.717, 1.165) is 35.2 Å². The van der Waals surface area contributed by atoms with E-state index in [1.54, 1.807) is 11.3 Å². The van der Waals surface area contributed by atoms with Gasteiger partial charge >= 0.3 is 0 Å². The second kappa shape index (κ2) is 4.02. The quantitative estimate of drug-likeness (QED) is 0.867. The number of thiophene rings is 1. The number of hydrogen-bond donors (Lipinski definition) is 1. The molecule has 2 heterocycles. The molecule has 2 rings (SSSR count). The van der Waals surface area contributed by atoms with E-state index < -0.39 is 0 Å². The van der Waals surface area contributed by atoms with Gasteiger partial charge in [0.15, 0.2) is 5.82 Å². The first kappa shape index (κ1) is 10.2. The van der Waals surface area contributed by atoms with Gasteiger partial charge < -0.3 is 10.3 Å². The van der Waals surface area contributed by atoms with Gasteiger partial charge in [0, 0.05) is 6.54 Å². The summed E-state index contributed by atoms with van der Waals surface area (Å²) in [4.78, 5) is 1.02. The van der Waals surface area contributed by atoms with Crippen LogP contribution in [0.15, 0.2) is 11.4 Å². The molecular formula is C10H14N4S. The molecule has 15 heavy (non-hydrogen) atoms. The smallest absolute Gasteiger partial charge is 0.176 e. The fraction of sp³-hybridized carbons (Fsp3) is 0.400. The molecule has 0 spiro atoms. The molecule has 0 bridgehead atoms. The van der Waals surface area contributed by atoms with Crippen molar-refractivity contribution >= 4 is 17.0 Å². The first-order valence-electron chi connectivity index (χ1n) is 4.97. The van der Waals surface area contributed by atoms with Crippen LogP contribution in [0, 0.1) is 6.92 Å². The van der Waals surface area contributed by atoms with Gasteiger partial charge in [-0.25, -0.2) is 0 Å². The average molecular weight is 222 g/mol. The van der Waals surface area contributed by atoms with E-state index in [4.69, 9.17) is 5.73 Å². The third-order valence-electron chi connectivity index (χ3n) is 2.28. The van der Waals surface area contributed by atoms with Crippen LogP contribution < -0.4 is 5.73 Å². The molecule has 0 unspecified atom stereocenters. The van der Waals surface area contributed by atoms with Crippen molar-refractivity contribution in [1.82, 2.24) is 14.8 Å². The summed E-state index contributed by atoms with van der Waals surface area (Å²) in [5, 5.41) is 10.3. The Balaban J connectivity index is 2.49. The second-order valence-electron chi connectivity index (χ2n) is 3.43. The number of aryl methyl sites for hydroxylation is 1. The lowest BCUT2D eigenvalue weighted by atomic mass is 10.3. The molecule has 4 nitrogen and oxygen atoms in total. The molecule has 0 amide bonds. The molecule has 5 heteroatoms. The molecule has 0 saturated heterocycles. The first-order valence-corrected chi connectivity index (χ1v) is 5.85. The van der Waals surface area contributed by atoms with Crippen LogP contribution in [-0.2, 0) is 6.54 Å². The molecule has 0 aliphatic carbocycles. The molecule has 0 aliphatic heterocycles. The number of nitrogens with zero attached hydrogens (tertiary/aromatic N) is 3. The van der Waals surface area contributed by atoms with E-state index >= 15 is 0 Å². The zero-order chi connectivity index (χ0) is 10.8. The van der Waals surface area contributed by atoms with Crippen LogP contribution in [-0.4, -0.2) is 14.8 Å². The fourth-order valence-electron chi connectivity index (χ4n) is 1.54. The summed E-state index contributed by atoms with van der Waals surface area (Å²) in [7, 11) is 0. The fourth-order valence-corrected chi connectivity index (χ4v) is 2.35. The highest BCUT2D eigenvalue weighted by atomic mass is 32.1. The number of aromatic nitrogens is 3. The van der Waals surface area contributed by atoms with Crippen LogP contribution in [0.4, 0.5) is 5.69 Å². The van der Waals surface area contributed by atoms with Crippen LogP contribution in [0.2, 0.25) is 0 Å². The Bertz CT molecular complexity index is 458. The lowest BCUT2D eigenvalue weighted by Crippen LogP contribution is -2.02. The lowest BCUT2D eigenvalue weighted by molar-refractivity contribution is 0.664. The summed E-state index contributed by atoms with van der Waals surface area (Å²) in [6.07, 6.45) is 1.07. The van der Waals surface area contributed by atoms with Crippen molar-refractivity contribution in [2.45, 2.75) is 26.8 Å². The van der Waals surface area contributed by atoms with E-state index in [9.17, 15) is 0 Å². The minimum atomic E-state index is 0.782. The molecule has 2 aromatic rings. The van der Waals surface area contributed by atoms with E-state index in [-0.39, 0.29) is 0 Å². The van der Waals surface area contributed by atoms with Crippen LogP contribution >= 0.6 is 11.3 Å². The Kier molecular flexibility index (Phi) is 2.73. The van der Waals surface area contributed by atoms with Crippen molar-refractivity contribution in [3.63, 3.8) is 0 Å². The summed E-state index contributed by atoms with van der Waals surface area (Å²) in [5.74, 6) is 1.83. The van der Waals surface area contributed by atoms with Crippen molar-refractivity contribution in [3.8, 4) is 10.7 Å². The summed E-state index contributed by atoms with van der Waals surface area (Å²) in [5.41, 5.74) is 6.66. The zero-order valence-corrected chi connectivity index (χ0v) is 9.71. The van der Waals surface area contributed by atoms with Gasteiger partial charge in [-0.15, -0.1) is 21.5 Å². The summed E-state index contributed by atoms with van der Waals surface area (Å²) in [6, 6.07) is 1.90. The zero-order valence-electron chi connectivity index (χ0n) is 8.90. The molecule has 0 atom stereocenters. The molecule has 0 radical (unpaired) electrons. The Morgan fingerprint density at radius 1 is 1.47 bits per heavy atom. The van der Waals surface area contributed by atoms with E-state index in [0.29, 0.717) is 0 Å². The van der Waals surface area contributed by atoms with Gasteiger partial charge in [-0.05, 0) is 24.8 Å². The van der Waals surface area contributed by atoms with Crippen LogP contribution in [0.3, 0.4) is 0 Å². The maximum absolute atomic E-state index is 5.88. The number of anilines is 1. The maximum Gasteiger partial charge on any atom is 0.176 e. The van der Waals surface area contributed by atoms with Gasteiger partial charge in [-0.3, -0.25) is 0 Å². The minimum Gasteiger partial charge on any atom is -0.397 e. The number of nitrogen functional groups attached to an aromatic ring is 1. The third-order valence-corrected chi connectivity index (χ3v) is 3.21. The van der Waals surface area contributed by atoms with E-state index in [1.165, 1.54) is 0 Å². The lowest BCUT2D eigenvalue weighted by Gasteiger charge is -2.05. The molecule has 0 fully saturated rings. The van der Waals surface area contributed by atoms with Crippen LogP contribution in [0.5, 0.6) is 0 Å². The SMILES string of the molecule is CCCn1c(C)nnc1-c1sccc1N. The third kappa shape index (κ3) is 1.74. The predicted octanol–water partition coefficient (Wildman–Crippen LogP) is 2.31. The average Bonchev–Trinajstić information content (AvgIpc) is 2.76. The molecule has 0 aromatic carbocycles. The van der Waals surface area contributed by atoms with Gasteiger partial charge in [0.2, 0.25) is 0 Å². The second-order valence-corrected chi connectivity index (χ2v) is 4.34. The van der Waals surface area contributed by atoms with E-state index in [2.05, 4.69) is 21.7 Å². The standard InChI is InChI=1S/C10H14N4S/c1-3-5-14-7(2)12-13-10(14)9-8(11)4-6-15-9/h4,6H,3,5,11H2,1-2H3. The van der Waals surface area contributed by atoms with Crippen LogP contribution in [0.1, 0.15) is 19.2 Å². The van der Waals surface area contributed by atoms with E-state index in [1.807, 2.05) is 18.4 Å². The van der Waals surface area contributed by atoms with Gasteiger partial charge in [-0.1, -0.05) is 6.92 Å². The monoisotopic (exact) mass is 222 g/mol. The Morgan fingerprint density at radius 3 is 2.87 bits per heavy atom. The normalized spacial score (nSPS) is 10.8. The predicted molar refractivity (Wildman–Crippen MR) is 62.8 cm³/mol. The Hall–Kier alpha value is -1.36. The van der Waals surface area contributed by atoms with Crippen molar-refractivity contribution < 1.29 is 0 Å². The molecule has 2 aromatic heterocycles. The topological polar surface area (TPSA) is 56.7 Å². The number of rotatable bonds is 3. The van der Waals surface area contributed by atoms with Crippen LogP contribution in [0.25, 0.3) is 10.7 Å². The largest absolute Gasteiger partial charge is 0.397 e. The molecule has 0 aliphatic rings.